The Labute approximate surface area is 154 Å². The molecule has 1 aromatic rings. The van der Waals surface area contributed by atoms with Crippen molar-refractivity contribution in [3.05, 3.63) is 23.8 Å². The van der Waals surface area contributed by atoms with Crippen molar-refractivity contribution in [1.82, 2.24) is 4.90 Å². The molecule has 2 N–H and O–H groups in total. The van der Waals surface area contributed by atoms with Gasteiger partial charge in [-0.3, -0.25) is 4.79 Å². The topological polar surface area (TPSA) is 116 Å². The van der Waals surface area contributed by atoms with Crippen LogP contribution in [0.25, 0.3) is 0 Å². The van der Waals surface area contributed by atoms with Crippen LogP contribution >= 0.6 is 0 Å². The van der Waals surface area contributed by atoms with Crippen molar-refractivity contribution in [2.75, 3.05) is 19.4 Å². The Bertz CT molecular complexity index is 776. The molecule has 1 heterocycles. The van der Waals surface area contributed by atoms with Gasteiger partial charge in [-0.25, -0.2) is 13.2 Å². The van der Waals surface area contributed by atoms with Gasteiger partial charge in [-0.15, -0.1) is 0 Å². The van der Waals surface area contributed by atoms with Gasteiger partial charge in [0.1, 0.15) is 5.60 Å². The summed E-state index contributed by atoms with van der Waals surface area (Å²) >= 11 is 0. The first-order valence-corrected chi connectivity index (χ1v) is 9.34. The number of carbonyl (C=O) groups excluding carboxylic acids is 2. The van der Waals surface area contributed by atoms with Crippen molar-refractivity contribution in [3.63, 3.8) is 0 Å². The molecule has 1 saturated heterocycles. The van der Waals surface area contributed by atoms with Gasteiger partial charge in [0, 0.05) is 12.2 Å². The average molecular weight is 384 g/mol. The number of methoxy groups -OCH3 is 1. The van der Waals surface area contributed by atoms with Gasteiger partial charge in [-0.2, -0.15) is 0 Å². The van der Waals surface area contributed by atoms with Crippen LogP contribution in [0.3, 0.4) is 0 Å². The zero-order chi connectivity index (χ0) is 19.6. The highest BCUT2D eigenvalue weighted by Gasteiger charge is 2.45. The highest BCUT2D eigenvalue weighted by molar-refractivity contribution is 7.72. The minimum absolute atomic E-state index is 0.0172. The second kappa shape index (κ2) is 7.53. The third-order valence-electron chi connectivity index (χ3n) is 4.10. The van der Waals surface area contributed by atoms with E-state index in [0.717, 1.165) is 0 Å². The van der Waals surface area contributed by atoms with Crippen LogP contribution in [0.2, 0.25) is 0 Å². The lowest BCUT2D eigenvalue weighted by Crippen LogP contribution is -2.38. The lowest BCUT2D eigenvalue weighted by molar-refractivity contribution is -0.146. The molecule has 0 bridgehead atoms. The van der Waals surface area contributed by atoms with Crippen molar-refractivity contribution in [3.8, 4) is 0 Å². The summed E-state index contributed by atoms with van der Waals surface area (Å²) in [4.78, 5) is 26.3. The number of amides is 1. The van der Waals surface area contributed by atoms with Crippen molar-refractivity contribution in [2.45, 2.75) is 43.7 Å². The van der Waals surface area contributed by atoms with Crippen LogP contribution in [-0.4, -0.2) is 44.6 Å². The predicted octanol–water partition coefficient (Wildman–Crippen LogP) is 1.71. The second-order valence-corrected chi connectivity index (χ2v) is 8.11. The number of thiol groups is 1. The van der Waals surface area contributed by atoms with Crippen LogP contribution in [0.4, 0.5) is 10.5 Å². The first-order valence-electron chi connectivity index (χ1n) is 8.16. The van der Waals surface area contributed by atoms with E-state index in [1.54, 1.807) is 20.8 Å². The Hall–Kier alpha value is -2.29. The maximum absolute atomic E-state index is 12.6. The number of hydrogen-bond acceptors (Lipinski definition) is 7. The number of nitrogen functional groups attached to an aromatic ring is 1. The lowest BCUT2D eigenvalue weighted by Gasteiger charge is -2.31. The van der Waals surface area contributed by atoms with Gasteiger partial charge in [0.05, 0.1) is 24.0 Å². The van der Waals surface area contributed by atoms with E-state index >= 15 is 0 Å². The summed E-state index contributed by atoms with van der Waals surface area (Å²) in [7, 11) is -1.69. The molecule has 0 aromatic heterocycles. The number of benzene rings is 1. The highest BCUT2D eigenvalue weighted by Crippen LogP contribution is 2.41. The van der Waals surface area contributed by atoms with Crippen molar-refractivity contribution >= 4 is 28.5 Å². The molecule has 1 aliphatic rings. The summed E-state index contributed by atoms with van der Waals surface area (Å²) in [6, 6.07) is 3.48. The molecule has 1 aromatic carbocycles. The van der Waals surface area contributed by atoms with Crippen LogP contribution in [0.15, 0.2) is 23.1 Å². The molecule has 2 atom stereocenters. The molecule has 144 valence electrons. The molecular weight excluding hydrogens is 360 g/mol. The van der Waals surface area contributed by atoms with Crippen LogP contribution in [0, 0.1) is 5.92 Å². The van der Waals surface area contributed by atoms with E-state index in [2.05, 4.69) is 0 Å². The number of rotatable bonds is 3. The smallest absolute Gasteiger partial charge is 0.410 e. The lowest BCUT2D eigenvalue weighted by atomic mass is 9.93. The quantitative estimate of drug-likeness (QED) is 0.463. The molecule has 1 amide bonds. The Morgan fingerprint density at radius 2 is 1.92 bits per heavy atom. The number of anilines is 1. The number of nitrogens with two attached hydrogens (primary N) is 1. The van der Waals surface area contributed by atoms with Gasteiger partial charge >= 0.3 is 12.1 Å². The first kappa shape index (κ1) is 20.0. The molecular formula is C17H24N2O6S. The van der Waals surface area contributed by atoms with Gasteiger partial charge < -0.3 is 20.1 Å². The molecule has 26 heavy (non-hydrogen) atoms. The first-order chi connectivity index (χ1) is 12.0. The van der Waals surface area contributed by atoms with Crippen molar-refractivity contribution < 1.29 is 27.5 Å². The molecule has 0 saturated carbocycles. The number of esters is 1. The molecule has 2 rings (SSSR count). The van der Waals surface area contributed by atoms with Crippen LogP contribution < -0.4 is 5.73 Å². The molecule has 8 nitrogen and oxygen atoms in total. The maximum atomic E-state index is 12.6. The van der Waals surface area contributed by atoms with Gasteiger partial charge in [-0.1, -0.05) is 0 Å². The Morgan fingerprint density at radius 1 is 1.27 bits per heavy atom. The summed E-state index contributed by atoms with van der Waals surface area (Å²) in [6.07, 6.45) is -0.288. The molecule has 1 aliphatic heterocycles. The predicted molar refractivity (Wildman–Crippen MR) is 95.2 cm³/mol. The fourth-order valence-corrected chi connectivity index (χ4v) is 3.68. The normalized spacial score (nSPS) is 20.3. The monoisotopic (exact) mass is 384 g/mol. The van der Waals surface area contributed by atoms with Gasteiger partial charge in [0.25, 0.3) is 0 Å². The standard InChI is InChI=1S/C17H24N2O6S/c1-17(2,3)25-16(21)19-8-7-11(15(20)24-4)14(19)12-9-10(18)5-6-13(12)26(22)23/h5-6,9,11,14,26H,7-8,18H2,1-4H3/t11-,14+/m0/s1. The van der Waals surface area contributed by atoms with Gasteiger partial charge in [0.2, 0.25) is 0 Å². The van der Waals surface area contributed by atoms with E-state index in [9.17, 15) is 18.0 Å². The van der Waals surface area contributed by atoms with Crippen LogP contribution in [0.1, 0.15) is 38.8 Å². The molecule has 9 heteroatoms. The Balaban J connectivity index is 2.54. The molecule has 0 radical (unpaired) electrons. The molecule has 0 unspecified atom stereocenters. The largest absolute Gasteiger partial charge is 0.469 e. The average Bonchev–Trinajstić information content (AvgIpc) is 2.97. The van der Waals surface area contributed by atoms with E-state index in [0.29, 0.717) is 17.7 Å². The summed E-state index contributed by atoms with van der Waals surface area (Å²) in [5.74, 6) is -1.22. The molecule has 0 spiro atoms. The Morgan fingerprint density at radius 3 is 2.46 bits per heavy atom. The van der Waals surface area contributed by atoms with E-state index in [1.165, 1.54) is 30.2 Å². The van der Waals surface area contributed by atoms with E-state index in [-0.39, 0.29) is 11.4 Å². The zero-order valence-corrected chi connectivity index (χ0v) is 16.1. The minimum Gasteiger partial charge on any atom is -0.469 e. The summed E-state index contributed by atoms with van der Waals surface area (Å²) in [5.41, 5.74) is 5.72. The molecule has 0 aliphatic carbocycles. The Kier molecular flexibility index (Phi) is 5.80. The summed E-state index contributed by atoms with van der Waals surface area (Å²) < 4.78 is 33.6. The third-order valence-corrected chi connectivity index (χ3v) is 4.90. The van der Waals surface area contributed by atoms with Crippen LogP contribution in [0.5, 0.6) is 0 Å². The van der Waals surface area contributed by atoms with Crippen LogP contribution in [-0.2, 0) is 25.0 Å². The fraction of sp³-hybridized carbons (Fsp3) is 0.529. The van der Waals surface area contributed by atoms with Crippen molar-refractivity contribution in [2.24, 2.45) is 5.92 Å². The third kappa shape index (κ3) is 4.27. The van der Waals surface area contributed by atoms with Crippen molar-refractivity contribution in [1.29, 1.82) is 0 Å². The zero-order valence-electron chi connectivity index (χ0n) is 15.2. The SMILES string of the molecule is COC(=O)[C@H]1CCN(C(=O)OC(C)(C)C)[C@H]1c1cc(N)ccc1[SH](=O)=O. The number of carbonyl (C=O) groups is 2. The van der Waals surface area contributed by atoms with E-state index in [4.69, 9.17) is 15.2 Å². The number of nitrogens with zero attached hydrogens (tertiary/aromatic N) is 1. The van der Waals surface area contributed by atoms with Gasteiger partial charge in [0.15, 0.2) is 10.7 Å². The summed E-state index contributed by atoms with van der Waals surface area (Å²) in [6.45, 7) is 5.43. The van der Waals surface area contributed by atoms with E-state index in [1.807, 2.05) is 0 Å². The summed E-state index contributed by atoms with van der Waals surface area (Å²) in [5, 5.41) is 0. The second-order valence-electron chi connectivity index (χ2n) is 7.11. The highest BCUT2D eigenvalue weighted by atomic mass is 32.2. The fourth-order valence-electron chi connectivity index (χ4n) is 3.08. The van der Waals surface area contributed by atoms with Gasteiger partial charge in [-0.05, 0) is 51.0 Å². The minimum atomic E-state index is -2.94. The molecule has 1 fully saturated rings. The van der Waals surface area contributed by atoms with E-state index < -0.39 is 40.3 Å². The number of hydrogen-bond donors (Lipinski definition) is 2. The number of likely N-dealkylation sites (tertiary alicyclic amines) is 1. The number of ether oxygens (including phenoxy) is 2. The maximum Gasteiger partial charge on any atom is 0.410 e.